The Balaban J connectivity index is 2.69. The molecule has 1 heterocycles. The monoisotopic (exact) mass is 304 g/mol. The SMILES string of the molecule is CCOC(=O)/C=C/[C@H](C[C@@H]1CCNC1=O)NS(C)(=O)=O. The standard InChI is InChI=1S/C12H20N2O5S/c1-3-19-11(15)5-4-10(14-20(2,17)18)8-9-6-7-13-12(9)16/h4-5,9-10,14H,3,6-8H2,1-2H3,(H,13,16)/b5-4+/t9-,10+/m0/s1. The molecular weight excluding hydrogens is 284 g/mol. The van der Waals surface area contributed by atoms with E-state index in [9.17, 15) is 18.0 Å². The second-order valence-electron chi connectivity index (χ2n) is 4.62. The van der Waals surface area contributed by atoms with E-state index in [0.717, 1.165) is 6.26 Å². The lowest BCUT2D eigenvalue weighted by molar-refractivity contribution is -0.137. The van der Waals surface area contributed by atoms with Gasteiger partial charge in [0.1, 0.15) is 0 Å². The Morgan fingerprint density at radius 1 is 1.60 bits per heavy atom. The number of amides is 1. The minimum atomic E-state index is -3.43. The minimum Gasteiger partial charge on any atom is -0.463 e. The number of carbonyl (C=O) groups excluding carboxylic acids is 2. The van der Waals surface area contributed by atoms with E-state index < -0.39 is 22.0 Å². The van der Waals surface area contributed by atoms with Crippen molar-refractivity contribution in [1.29, 1.82) is 0 Å². The van der Waals surface area contributed by atoms with Crippen LogP contribution in [0.25, 0.3) is 0 Å². The molecule has 1 aliphatic heterocycles. The molecule has 0 unspecified atom stereocenters. The summed E-state index contributed by atoms with van der Waals surface area (Å²) in [6, 6.07) is -0.608. The zero-order valence-corrected chi connectivity index (χ0v) is 12.4. The molecule has 0 spiro atoms. The van der Waals surface area contributed by atoms with Gasteiger partial charge in [0.05, 0.1) is 12.9 Å². The van der Waals surface area contributed by atoms with Gasteiger partial charge in [0.15, 0.2) is 0 Å². The van der Waals surface area contributed by atoms with E-state index in [1.54, 1.807) is 6.92 Å². The van der Waals surface area contributed by atoms with Crippen LogP contribution in [0.15, 0.2) is 12.2 Å². The third-order valence-electron chi connectivity index (χ3n) is 2.82. The van der Waals surface area contributed by atoms with Gasteiger partial charge in [0.2, 0.25) is 15.9 Å². The maximum atomic E-state index is 11.5. The maximum Gasteiger partial charge on any atom is 0.330 e. The van der Waals surface area contributed by atoms with Crippen LogP contribution in [0.2, 0.25) is 0 Å². The largest absolute Gasteiger partial charge is 0.463 e. The number of hydrogen-bond acceptors (Lipinski definition) is 5. The highest BCUT2D eigenvalue weighted by atomic mass is 32.2. The third kappa shape index (κ3) is 6.16. The van der Waals surface area contributed by atoms with E-state index >= 15 is 0 Å². The predicted molar refractivity (Wildman–Crippen MR) is 73.3 cm³/mol. The summed E-state index contributed by atoms with van der Waals surface area (Å²) in [5.41, 5.74) is 0. The van der Waals surface area contributed by atoms with Gasteiger partial charge in [-0.25, -0.2) is 17.9 Å². The van der Waals surface area contributed by atoms with E-state index in [2.05, 4.69) is 10.0 Å². The first-order valence-corrected chi connectivity index (χ1v) is 8.31. The fourth-order valence-corrected chi connectivity index (χ4v) is 2.73. The van der Waals surface area contributed by atoms with Crippen molar-refractivity contribution < 1.29 is 22.7 Å². The number of carbonyl (C=O) groups is 2. The second-order valence-corrected chi connectivity index (χ2v) is 6.40. The van der Waals surface area contributed by atoms with Crippen LogP contribution in [0, 0.1) is 5.92 Å². The smallest absolute Gasteiger partial charge is 0.330 e. The number of ether oxygens (including phenoxy) is 1. The zero-order chi connectivity index (χ0) is 15.2. The summed E-state index contributed by atoms with van der Waals surface area (Å²) in [5.74, 6) is -0.875. The molecule has 0 aromatic rings. The van der Waals surface area contributed by atoms with Crippen LogP contribution in [0.1, 0.15) is 19.8 Å². The molecule has 2 atom stereocenters. The van der Waals surface area contributed by atoms with Gasteiger partial charge in [-0.15, -0.1) is 0 Å². The molecule has 1 saturated heterocycles. The Morgan fingerprint density at radius 2 is 2.30 bits per heavy atom. The molecule has 0 saturated carbocycles. The zero-order valence-electron chi connectivity index (χ0n) is 11.6. The molecular formula is C12H20N2O5S. The van der Waals surface area contributed by atoms with Crippen molar-refractivity contribution in [2.45, 2.75) is 25.8 Å². The summed E-state index contributed by atoms with van der Waals surface area (Å²) in [5, 5.41) is 2.69. The van der Waals surface area contributed by atoms with Crippen LogP contribution in [-0.2, 0) is 24.3 Å². The van der Waals surface area contributed by atoms with Crippen molar-refractivity contribution >= 4 is 21.9 Å². The van der Waals surface area contributed by atoms with Gasteiger partial charge in [-0.05, 0) is 19.8 Å². The predicted octanol–water partition coefficient (Wildman–Crippen LogP) is -0.450. The molecule has 114 valence electrons. The lowest BCUT2D eigenvalue weighted by Crippen LogP contribution is -2.35. The fourth-order valence-electron chi connectivity index (χ4n) is 2.00. The molecule has 1 fully saturated rings. The van der Waals surface area contributed by atoms with Crippen LogP contribution in [0.3, 0.4) is 0 Å². The Bertz CT molecular complexity index is 486. The Labute approximate surface area is 118 Å². The third-order valence-corrected chi connectivity index (χ3v) is 3.55. The van der Waals surface area contributed by atoms with Crippen molar-refractivity contribution in [3.63, 3.8) is 0 Å². The molecule has 0 radical (unpaired) electrons. The molecule has 20 heavy (non-hydrogen) atoms. The van der Waals surface area contributed by atoms with Gasteiger partial charge in [0.25, 0.3) is 0 Å². The van der Waals surface area contributed by atoms with Gasteiger partial charge in [-0.3, -0.25) is 4.79 Å². The van der Waals surface area contributed by atoms with Crippen molar-refractivity contribution in [3.05, 3.63) is 12.2 Å². The van der Waals surface area contributed by atoms with Gasteiger partial charge < -0.3 is 10.1 Å². The maximum absolute atomic E-state index is 11.5. The van der Waals surface area contributed by atoms with E-state index in [1.165, 1.54) is 12.2 Å². The highest BCUT2D eigenvalue weighted by Crippen LogP contribution is 2.17. The summed E-state index contributed by atoms with van der Waals surface area (Å²) < 4.78 is 29.7. The van der Waals surface area contributed by atoms with Crippen molar-refractivity contribution in [2.75, 3.05) is 19.4 Å². The first kappa shape index (κ1) is 16.6. The Morgan fingerprint density at radius 3 is 2.80 bits per heavy atom. The number of hydrogen-bond donors (Lipinski definition) is 2. The first-order chi connectivity index (χ1) is 9.31. The highest BCUT2D eigenvalue weighted by Gasteiger charge is 2.27. The molecule has 2 N–H and O–H groups in total. The van der Waals surface area contributed by atoms with Crippen molar-refractivity contribution in [1.82, 2.24) is 10.0 Å². The first-order valence-electron chi connectivity index (χ1n) is 6.41. The van der Waals surface area contributed by atoms with E-state index in [-0.39, 0.29) is 18.4 Å². The van der Waals surface area contributed by atoms with Gasteiger partial charge in [-0.2, -0.15) is 0 Å². The van der Waals surface area contributed by atoms with Crippen molar-refractivity contribution in [2.24, 2.45) is 5.92 Å². The molecule has 0 aliphatic carbocycles. The van der Waals surface area contributed by atoms with Gasteiger partial charge >= 0.3 is 5.97 Å². The number of esters is 1. The average Bonchev–Trinajstić information content (AvgIpc) is 2.70. The summed E-state index contributed by atoms with van der Waals surface area (Å²) in [6.07, 6.45) is 4.61. The number of nitrogens with one attached hydrogen (secondary N) is 2. The van der Waals surface area contributed by atoms with Gasteiger partial charge in [-0.1, -0.05) is 6.08 Å². The molecule has 0 bridgehead atoms. The van der Waals surface area contributed by atoms with E-state index in [1.807, 2.05) is 0 Å². The molecule has 7 nitrogen and oxygen atoms in total. The topological polar surface area (TPSA) is 102 Å². The van der Waals surface area contributed by atoms with Crippen LogP contribution in [-0.4, -0.2) is 45.7 Å². The van der Waals surface area contributed by atoms with Crippen LogP contribution in [0.4, 0.5) is 0 Å². The lowest BCUT2D eigenvalue weighted by Gasteiger charge is -2.16. The summed E-state index contributed by atoms with van der Waals surface area (Å²) >= 11 is 0. The van der Waals surface area contributed by atoms with E-state index in [4.69, 9.17) is 4.74 Å². The van der Waals surface area contributed by atoms with Crippen LogP contribution < -0.4 is 10.0 Å². The molecule has 1 amide bonds. The van der Waals surface area contributed by atoms with Crippen molar-refractivity contribution in [3.8, 4) is 0 Å². The minimum absolute atomic E-state index is 0.0881. The Hall–Kier alpha value is -1.41. The number of rotatable bonds is 7. The van der Waals surface area contributed by atoms with E-state index in [0.29, 0.717) is 19.4 Å². The summed E-state index contributed by atoms with van der Waals surface area (Å²) in [4.78, 5) is 22.8. The molecule has 1 aliphatic rings. The lowest BCUT2D eigenvalue weighted by atomic mass is 9.99. The van der Waals surface area contributed by atoms with Crippen LogP contribution in [0.5, 0.6) is 0 Å². The molecule has 1 rings (SSSR count). The quantitative estimate of drug-likeness (QED) is 0.490. The normalized spacial score (nSPS) is 20.9. The molecule has 8 heteroatoms. The fraction of sp³-hybridized carbons (Fsp3) is 0.667. The second kappa shape index (κ2) is 7.39. The Kier molecular flexibility index (Phi) is 6.15. The molecule has 0 aromatic heterocycles. The summed E-state index contributed by atoms with van der Waals surface area (Å²) in [7, 11) is -3.43. The van der Waals surface area contributed by atoms with Gasteiger partial charge in [0, 0.05) is 24.6 Å². The highest BCUT2D eigenvalue weighted by molar-refractivity contribution is 7.88. The van der Waals surface area contributed by atoms with Crippen LogP contribution >= 0.6 is 0 Å². The average molecular weight is 304 g/mol. The number of sulfonamides is 1. The summed E-state index contributed by atoms with van der Waals surface area (Å²) in [6.45, 7) is 2.52. The molecule has 0 aromatic carbocycles.